The number of hydrogen-bond donors (Lipinski definition) is 1. The van der Waals surface area contributed by atoms with Crippen LogP contribution in [-0.4, -0.2) is 11.0 Å². The quantitative estimate of drug-likeness (QED) is 0.868. The molecule has 0 radical (unpaired) electrons. The molecule has 1 heterocycles. The van der Waals surface area contributed by atoms with Gasteiger partial charge in [-0.15, -0.1) is 11.3 Å². The van der Waals surface area contributed by atoms with Crippen LogP contribution in [0.5, 0.6) is 0 Å². The van der Waals surface area contributed by atoms with Crippen LogP contribution in [0.4, 0.5) is 0 Å². The lowest BCUT2D eigenvalue weighted by Crippen LogP contribution is -2.24. The van der Waals surface area contributed by atoms with E-state index in [4.69, 9.17) is 5.73 Å². The molecule has 1 aromatic heterocycles. The van der Waals surface area contributed by atoms with Crippen LogP contribution in [0, 0.1) is 12.8 Å². The summed E-state index contributed by atoms with van der Waals surface area (Å²) in [6, 6.07) is 0.308. The zero-order valence-electron chi connectivity index (χ0n) is 10.8. The molecule has 1 aliphatic carbocycles. The number of aromatic nitrogens is 1. The van der Waals surface area contributed by atoms with Gasteiger partial charge in [0.1, 0.15) is 0 Å². The van der Waals surface area contributed by atoms with Gasteiger partial charge in [-0.2, -0.15) is 0 Å². The van der Waals surface area contributed by atoms with E-state index < -0.39 is 0 Å². The second kappa shape index (κ2) is 6.50. The lowest BCUT2D eigenvalue weighted by molar-refractivity contribution is 0.323. The SMILES string of the molecule is Cc1csc(CC(N)CCC2CCCCC2)n1. The lowest BCUT2D eigenvalue weighted by atomic mass is 9.85. The first kappa shape index (κ1) is 13.0. The van der Waals surface area contributed by atoms with E-state index in [0.29, 0.717) is 6.04 Å². The van der Waals surface area contributed by atoms with Gasteiger partial charge in [-0.05, 0) is 25.7 Å². The molecule has 0 spiro atoms. The highest BCUT2D eigenvalue weighted by Crippen LogP contribution is 2.27. The molecule has 0 amide bonds. The summed E-state index contributed by atoms with van der Waals surface area (Å²) in [5, 5.41) is 3.32. The van der Waals surface area contributed by atoms with Crippen LogP contribution < -0.4 is 5.73 Å². The Morgan fingerprint density at radius 1 is 1.41 bits per heavy atom. The van der Waals surface area contributed by atoms with Crippen LogP contribution in [0.15, 0.2) is 5.38 Å². The van der Waals surface area contributed by atoms with Crippen molar-refractivity contribution >= 4 is 11.3 Å². The maximum absolute atomic E-state index is 6.20. The Labute approximate surface area is 109 Å². The van der Waals surface area contributed by atoms with Gasteiger partial charge in [-0.25, -0.2) is 4.98 Å². The Hall–Kier alpha value is -0.410. The Morgan fingerprint density at radius 3 is 2.82 bits per heavy atom. The molecular weight excluding hydrogens is 228 g/mol. The Morgan fingerprint density at radius 2 is 2.18 bits per heavy atom. The van der Waals surface area contributed by atoms with Gasteiger partial charge >= 0.3 is 0 Å². The van der Waals surface area contributed by atoms with E-state index in [1.54, 1.807) is 11.3 Å². The van der Waals surface area contributed by atoms with Crippen molar-refractivity contribution in [1.29, 1.82) is 0 Å². The third kappa shape index (κ3) is 4.40. The fourth-order valence-electron chi connectivity index (χ4n) is 2.75. The van der Waals surface area contributed by atoms with Crippen molar-refractivity contribution in [2.75, 3.05) is 0 Å². The number of aryl methyl sites for hydroxylation is 1. The monoisotopic (exact) mass is 252 g/mol. The summed E-state index contributed by atoms with van der Waals surface area (Å²) >= 11 is 1.75. The van der Waals surface area contributed by atoms with E-state index in [1.165, 1.54) is 50.0 Å². The molecule has 1 unspecified atom stereocenters. The smallest absolute Gasteiger partial charge is 0.0943 e. The molecule has 1 aliphatic rings. The Balaban J connectivity index is 1.68. The minimum absolute atomic E-state index is 0.308. The van der Waals surface area contributed by atoms with E-state index in [9.17, 15) is 0 Å². The van der Waals surface area contributed by atoms with E-state index in [2.05, 4.69) is 10.4 Å². The van der Waals surface area contributed by atoms with Crippen molar-refractivity contribution in [3.05, 3.63) is 16.1 Å². The second-order valence-corrected chi connectivity index (χ2v) is 6.37. The maximum Gasteiger partial charge on any atom is 0.0943 e. The summed E-state index contributed by atoms with van der Waals surface area (Å²) in [7, 11) is 0. The molecule has 1 aromatic rings. The highest BCUT2D eigenvalue weighted by atomic mass is 32.1. The summed E-state index contributed by atoms with van der Waals surface area (Å²) in [6.45, 7) is 2.05. The highest BCUT2D eigenvalue weighted by molar-refractivity contribution is 7.09. The summed E-state index contributed by atoms with van der Waals surface area (Å²) in [5.41, 5.74) is 7.33. The molecular formula is C14H24N2S. The van der Waals surface area contributed by atoms with Crippen LogP contribution >= 0.6 is 11.3 Å². The average molecular weight is 252 g/mol. The van der Waals surface area contributed by atoms with E-state index in [1.807, 2.05) is 6.92 Å². The van der Waals surface area contributed by atoms with Crippen LogP contribution in [-0.2, 0) is 6.42 Å². The van der Waals surface area contributed by atoms with E-state index in [0.717, 1.165) is 18.0 Å². The zero-order chi connectivity index (χ0) is 12.1. The molecule has 0 bridgehead atoms. The van der Waals surface area contributed by atoms with Gasteiger partial charge < -0.3 is 5.73 Å². The van der Waals surface area contributed by atoms with Gasteiger partial charge in [-0.1, -0.05) is 32.1 Å². The van der Waals surface area contributed by atoms with Crippen molar-refractivity contribution in [3.63, 3.8) is 0 Å². The lowest BCUT2D eigenvalue weighted by Gasteiger charge is -2.22. The molecule has 17 heavy (non-hydrogen) atoms. The summed E-state index contributed by atoms with van der Waals surface area (Å²) in [6.07, 6.45) is 10.6. The molecule has 0 saturated heterocycles. The molecule has 2 rings (SSSR count). The molecule has 2 N–H and O–H groups in total. The minimum Gasteiger partial charge on any atom is -0.327 e. The van der Waals surface area contributed by atoms with Crippen molar-refractivity contribution in [2.45, 2.75) is 64.3 Å². The third-order valence-corrected chi connectivity index (χ3v) is 4.76. The number of nitrogens with two attached hydrogens (primary N) is 1. The third-order valence-electron chi connectivity index (χ3n) is 3.77. The Kier molecular flexibility index (Phi) is 4.99. The van der Waals surface area contributed by atoms with E-state index in [-0.39, 0.29) is 0 Å². The molecule has 1 fully saturated rings. The standard InChI is InChI=1S/C14H24N2S/c1-11-10-17-14(16-11)9-13(15)8-7-12-5-3-2-4-6-12/h10,12-13H,2-9,15H2,1H3. The predicted molar refractivity (Wildman–Crippen MR) is 74.3 cm³/mol. The Bertz CT molecular complexity index is 329. The number of nitrogens with zero attached hydrogens (tertiary/aromatic N) is 1. The fraction of sp³-hybridized carbons (Fsp3) is 0.786. The van der Waals surface area contributed by atoms with Gasteiger partial charge in [0.2, 0.25) is 0 Å². The van der Waals surface area contributed by atoms with Gasteiger partial charge in [0.05, 0.1) is 5.01 Å². The second-order valence-electron chi connectivity index (χ2n) is 5.43. The van der Waals surface area contributed by atoms with Crippen molar-refractivity contribution in [3.8, 4) is 0 Å². The molecule has 0 aliphatic heterocycles. The van der Waals surface area contributed by atoms with Gasteiger partial charge in [-0.3, -0.25) is 0 Å². The maximum atomic E-state index is 6.20. The normalized spacial score (nSPS) is 19.4. The van der Waals surface area contributed by atoms with Crippen molar-refractivity contribution < 1.29 is 0 Å². The molecule has 1 atom stereocenters. The summed E-state index contributed by atoms with van der Waals surface area (Å²) in [4.78, 5) is 4.48. The zero-order valence-corrected chi connectivity index (χ0v) is 11.6. The van der Waals surface area contributed by atoms with Gasteiger partial charge in [0.25, 0.3) is 0 Å². The fourth-order valence-corrected chi connectivity index (χ4v) is 3.61. The molecule has 3 heteroatoms. The van der Waals surface area contributed by atoms with Crippen LogP contribution in [0.3, 0.4) is 0 Å². The minimum atomic E-state index is 0.308. The van der Waals surface area contributed by atoms with Gasteiger partial charge in [0, 0.05) is 23.5 Å². The number of rotatable bonds is 5. The number of thiazole rings is 1. The van der Waals surface area contributed by atoms with Crippen molar-refractivity contribution in [1.82, 2.24) is 4.98 Å². The molecule has 0 aromatic carbocycles. The van der Waals surface area contributed by atoms with Crippen LogP contribution in [0.25, 0.3) is 0 Å². The first-order chi connectivity index (χ1) is 8.24. The first-order valence-corrected chi connectivity index (χ1v) is 7.78. The van der Waals surface area contributed by atoms with Crippen LogP contribution in [0.2, 0.25) is 0 Å². The first-order valence-electron chi connectivity index (χ1n) is 6.90. The highest BCUT2D eigenvalue weighted by Gasteiger charge is 2.15. The molecule has 2 nitrogen and oxygen atoms in total. The van der Waals surface area contributed by atoms with E-state index >= 15 is 0 Å². The average Bonchev–Trinajstić information content (AvgIpc) is 2.73. The van der Waals surface area contributed by atoms with Crippen molar-refractivity contribution in [2.24, 2.45) is 11.7 Å². The van der Waals surface area contributed by atoms with Crippen LogP contribution in [0.1, 0.15) is 55.6 Å². The predicted octanol–water partition coefficient (Wildman–Crippen LogP) is 3.68. The number of hydrogen-bond acceptors (Lipinski definition) is 3. The molecule has 96 valence electrons. The topological polar surface area (TPSA) is 38.9 Å². The largest absolute Gasteiger partial charge is 0.327 e. The summed E-state index contributed by atoms with van der Waals surface area (Å²) in [5.74, 6) is 0.952. The summed E-state index contributed by atoms with van der Waals surface area (Å²) < 4.78 is 0. The molecule has 1 saturated carbocycles. The van der Waals surface area contributed by atoms with Gasteiger partial charge in [0.15, 0.2) is 0 Å².